The Morgan fingerprint density at radius 1 is 1.54 bits per heavy atom. The molecular weight excluding hydrogens is 210 g/mol. The summed E-state index contributed by atoms with van der Waals surface area (Å²) in [6, 6.07) is 0. The summed E-state index contributed by atoms with van der Waals surface area (Å²) < 4.78 is 23.6. The minimum Gasteiger partial charge on any atom is -0.305 e. The zero-order valence-corrected chi connectivity index (χ0v) is 8.90. The van der Waals surface area contributed by atoms with Gasteiger partial charge in [0.1, 0.15) is 0 Å². The van der Waals surface area contributed by atoms with Gasteiger partial charge in [-0.15, -0.1) is 0 Å². The predicted molar refractivity (Wildman–Crippen MR) is 52.9 cm³/mol. The first-order chi connectivity index (χ1) is 6.05. The van der Waals surface area contributed by atoms with Gasteiger partial charge in [0.25, 0.3) is 0 Å². The maximum absolute atomic E-state index is 11.1. The van der Waals surface area contributed by atoms with Gasteiger partial charge in [-0.2, -0.15) is 0 Å². The first-order valence-corrected chi connectivity index (χ1v) is 6.59. The molecule has 13 heavy (non-hydrogen) atoms. The van der Waals surface area contributed by atoms with Crippen LogP contribution in [0, 0.1) is 0 Å². The lowest BCUT2D eigenvalue weighted by Crippen LogP contribution is -2.19. The number of sulfone groups is 1. The Morgan fingerprint density at radius 2 is 2.23 bits per heavy atom. The van der Waals surface area contributed by atoms with Crippen molar-refractivity contribution in [3.63, 3.8) is 0 Å². The molecule has 1 aromatic rings. The largest absolute Gasteiger partial charge is 0.307 e. The van der Waals surface area contributed by atoms with E-state index < -0.39 is 9.84 Å². The van der Waals surface area contributed by atoms with Crippen LogP contribution in [0.4, 0.5) is 0 Å². The van der Waals surface area contributed by atoms with Gasteiger partial charge < -0.3 is 4.57 Å². The molecule has 0 unspecified atom stereocenters. The van der Waals surface area contributed by atoms with Crippen LogP contribution in [0.25, 0.3) is 0 Å². The number of aryl methyl sites for hydroxylation is 1. The molecule has 6 heteroatoms. The molecule has 1 aromatic heterocycles. The Labute approximate surface area is 80.7 Å². The molecular formula is C7H11NO3S2. The molecule has 4 nitrogen and oxygen atoms in total. The number of thiazole rings is 1. The standard InChI is InChI=1S/C7H11NO3S2/c1-2-13(10,11)6-4-8-3-5-12-7(8)9/h3,5H,2,4,6H2,1H3. The van der Waals surface area contributed by atoms with Gasteiger partial charge in [0.2, 0.25) is 0 Å². The highest BCUT2D eigenvalue weighted by Crippen LogP contribution is 1.94. The number of hydrogen-bond acceptors (Lipinski definition) is 4. The maximum Gasteiger partial charge on any atom is 0.307 e. The minimum absolute atomic E-state index is 0.0418. The molecule has 0 N–H and O–H groups in total. The van der Waals surface area contributed by atoms with E-state index in [0.29, 0.717) is 0 Å². The van der Waals surface area contributed by atoms with Gasteiger partial charge in [0.05, 0.1) is 5.75 Å². The highest BCUT2D eigenvalue weighted by molar-refractivity contribution is 7.91. The Morgan fingerprint density at radius 3 is 2.69 bits per heavy atom. The van der Waals surface area contributed by atoms with E-state index in [0.717, 1.165) is 11.3 Å². The van der Waals surface area contributed by atoms with Crippen LogP contribution in [-0.2, 0) is 16.4 Å². The Kier molecular flexibility index (Phi) is 3.27. The van der Waals surface area contributed by atoms with Gasteiger partial charge in [0, 0.05) is 23.9 Å². The van der Waals surface area contributed by atoms with Crippen LogP contribution in [0.3, 0.4) is 0 Å². The van der Waals surface area contributed by atoms with Crippen molar-refractivity contribution in [2.75, 3.05) is 11.5 Å². The van der Waals surface area contributed by atoms with E-state index in [-0.39, 0.29) is 22.9 Å². The van der Waals surface area contributed by atoms with E-state index in [9.17, 15) is 13.2 Å². The number of rotatable bonds is 4. The van der Waals surface area contributed by atoms with Gasteiger partial charge in [-0.25, -0.2) is 8.42 Å². The minimum atomic E-state index is -2.97. The Hall–Kier alpha value is -0.620. The van der Waals surface area contributed by atoms with Gasteiger partial charge in [-0.3, -0.25) is 4.79 Å². The maximum atomic E-state index is 11.1. The van der Waals surface area contributed by atoms with Crippen LogP contribution in [0.5, 0.6) is 0 Å². The summed E-state index contributed by atoms with van der Waals surface area (Å²) in [6.45, 7) is 1.87. The molecule has 0 aromatic carbocycles. The molecule has 0 amide bonds. The average Bonchev–Trinajstić information content (AvgIpc) is 2.48. The van der Waals surface area contributed by atoms with E-state index in [1.165, 1.54) is 4.57 Å². The number of aromatic nitrogens is 1. The number of nitrogens with zero attached hydrogens (tertiary/aromatic N) is 1. The summed E-state index contributed by atoms with van der Waals surface area (Å²) >= 11 is 1.08. The Bertz CT molecular complexity index is 415. The molecule has 0 saturated heterocycles. The van der Waals surface area contributed by atoms with Crippen molar-refractivity contribution < 1.29 is 8.42 Å². The smallest absolute Gasteiger partial charge is 0.305 e. The molecule has 0 atom stereocenters. The fraction of sp³-hybridized carbons (Fsp3) is 0.571. The van der Waals surface area contributed by atoms with Crippen molar-refractivity contribution in [1.29, 1.82) is 0 Å². The summed E-state index contributed by atoms with van der Waals surface area (Å²) in [5.41, 5.74) is 0. The lowest BCUT2D eigenvalue weighted by atomic mass is 10.7. The summed E-state index contributed by atoms with van der Waals surface area (Å²) in [5, 5.41) is 1.65. The first kappa shape index (κ1) is 10.5. The lowest BCUT2D eigenvalue weighted by molar-refractivity contribution is 0.589. The van der Waals surface area contributed by atoms with Crippen molar-refractivity contribution >= 4 is 21.2 Å². The first-order valence-electron chi connectivity index (χ1n) is 3.89. The van der Waals surface area contributed by atoms with Crippen molar-refractivity contribution in [2.45, 2.75) is 13.5 Å². The third-order valence-electron chi connectivity index (χ3n) is 1.73. The molecule has 0 spiro atoms. The van der Waals surface area contributed by atoms with E-state index in [1.54, 1.807) is 18.5 Å². The van der Waals surface area contributed by atoms with Gasteiger partial charge in [-0.1, -0.05) is 18.3 Å². The van der Waals surface area contributed by atoms with Gasteiger partial charge in [0.15, 0.2) is 9.84 Å². The summed E-state index contributed by atoms with van der Waals surface area (Å²) in [5.74, 6) is 0.173. The zero-order valence-electron chi connectivity index (χ0n) is 7.26. The van der Waals surface area contributed by atoms with Gasteiger partial charge >= 0.3 is 4.87 Å². The molecule has 0 radical (unpaired) electrons. The van der Waals surface area contributed by atoms with E-state index in [1.807, 2.05) is 0 Å². The van der Waals surface area contributed by atoms with Crippen molar-refractivity contribution in [3.05, 3.63) is 21.2 Å². The molecule has 0 bridgehead atoms. The highest BCUT2D eigenvalue weighted by atomic mass is 32.2. The van der Waals surface area contributed by atoms with Crippen LogP contribution in [-0.4, -0.2) is 24.5 Å². The second-order valence-electron chi connectivity index (χ2n) is 2.60. The van der Waals surface area contributed by atoms with Crippen molar-refractivity contribution in [3.8, 4) is 0 Å². The molecule has 0 aliphatic heterocycles. The second-order valence-corrected chi connectivity index (χ2v) is 5.93. The quantitative estimate of drug-likeness (QED) is 0.737. The fourth-order valence-electron chi connectivity index (χ4n) is 0.838. The van der Waals surface area contributed by atoms with E-state index >= 15 is 0 Å². The topological polar surface area (TPSA) is 56.1 Å². The number of hydrogen-bond donors (Lipinski definition) is 0. The summed E-state index contributed by atoms with van der Waals surface area (Å²) in [7, 11) is -2.97. The zero-order chi connectivity index (χ0) is 9.90. The van der Waals surface area contributed by atoms with Crippen LogP contribution in [0.1, 0.15) is 6.92 Å². The third kappa shape index (κ3) is 2.96. The average molecular weight is 221 g/mol. The Balaban J connectivity index is 2.64. The second kappa shape index (κ2) is 4.06. The monoisotopic (exact) mass is 221 g/mol. The molecule has 0 aliphatic rings. The molecule has 0 aliphatic carbocycles. The van der Waals surface area contributed by atoms with Crippen molar-refractivity contribution in [2.24, 2.45) is 0 Å². The van der Waals surface area contributed by atoms with Crippen LogP contribution >= 0.6 is 11.3 Å². The van der Waals surface area contributed by atoms with Crippen LogP contribution in [0.15, 0.2) is 16.4 Å². The molecule has 1 heterocycles. The molecule has 0 fully saturated rings. The van der Waals surface area contributed by atoms with Crippen molar-refractivity contribution in [1.82, 2.24) is 4.57 Å². The van der Waals surface area contributed by atoms with E-state index in [4.69, 9.17) is 0 Å². The predicted octanol–water partition coefficient (Wildman–Crippen LogP) is 0.345. The SMILES string of the molecule is CCS(=O)(=O)CCn1ccsc1=O. The van der Waals surface area contributed by atoms with Crippen LogP contribution in [0.2, 0.25) is 0 Å². The van der Waals surface area contributed by atoms with Crippen LogP contribution < -0.4 is 4.87 Å². The molecule has 1 rings (SSSR count). The summed E-state index contributed by atoms with van der Waals surface area (Å²) in [6.07, 6.45) is 1.61. The lowest BCUT2D eigenvalue weighted by Gasteiger charge is -2.00. The highest BCUT2D eigenvalue weighted by Gasteiger charge is 2.07. The third-order valence-corrected chi connectivity index (χ3v) is 4.11. The summed E-state index contributed by atoms with van der Waals surface area (Å²) in [4.78, 5) is 10.9. The van der Waals surface area contributed by atoms with E-state index in [2.05, 4.69) is 0 Å². The normalized spacial score (nSPS) is 11.8. The molecule has 0 saturated carbocycles. The fourth-order valence-corrected chi connectivity index (χ4v) is 2.21. The molecule has 74 valence electrons. The van der Waals surface area contributed by atoms with Gasteiger partial charge in [-0.05, 0) is 0 Å².